The summed E-state index contributed by atoms with van der Waals surface area (Å²) in [6.07, 6.45) is 1.02. The Morgan fingerprint density at radius 1 is 1.11 bits per heavy atom. The lowest BCUT2D eigenvalue weighted by Crippen LogP contribution is -2.20. The van der Waals surface area contributed by atoms with Crippen molar-refractivity contribution in [2.45, 2.75) is 13.8 Å². The Morgan fingerprint density at radius 3 is 2.52 bits per heavy atom. The molecule has 2 N–H and O–H groups in total. The SMILES string of the molecule is CC(C)C(N)=NC(=O)c1ccc2c(F)cnc(-c3ccc(Cl)cc3F)c2c1. The highest BCUT2D eigenvalue weighted by Gasteiger charge is 2.16. The molecule has 3 rings (SSSR count). The fourth-order valence-electron chi connectivity index (χ4n) is 2.55. The van der Waals surface area contributed by atoms with Crippen molar-refractivity contribution in [1.29, 1.82) is 0 Å². The number of amidine groups is 1. The lowest BCUT2D eigenvalue weighted by molar-refractivity contribution is 0.100. The van der Waals surface area contributed by atoms with Crippen molar-refractivity contribution in [2.75, 3.05) is 0 Å². The van der Waals surface area contributed by atoms with E-state index in [1.807, 2.05) is 13.8 Å². The van der Waals surface area contributed by atoms with Gasteiger partial charge in [0.15, 0.2) is 0 Å². The minimum absolute atomic E-state index is 0.0905. The van der Waals surface area contributed by atoms with Crippen LogP contribution < -0.4 is 5.73 Å². The number of hydrogen-bond acceptors (Lipinski definition) is 2. The zero-order valence-corrected chi connectivity index (χ0v) is 15.4. The molecule has 0 aliphatic carbocycles. The van der Waals surface area contributed by atoms with Gasteiger partial charge in [0.25, 0.3) is 5.91 Å². The van der Waals surface area contributed by atoms with Gasteiger partial charge in [-0.3, -0.25) is 9.78 Å². The van der Waals surface area contributed by atoms with Crippen LogP contribution in [0.15, 0.2) is 47.6 Å². The third-order valence-electron chi connectivity index (χ3n) is 4.09. The Balaban J connectivity index is 2.20. The molecule has 0 aliphatic heterocycles. The van der Waals surface area contributed by atoms with E-state index in [0.29, 0.717) is 5.39 Å². The smallest absolute Gasteiger partial charge is 0.278 e. The number of amides is 1. The largest absolute Gasteiger partial charge is 0.387 e. The predicted octanol–water partition coefficient (Wildman–Crippen LogP) is 4.99. The quantitative estimate of drug-likeness (QED) is 0.508. The van der Waals surface area contributed by atoms with Gasteiger partial charge in [-0.05, 0) is 30.3 Å². The van der Waals surface area contributed by atoms with Crippen molar-refractivity contribution in [3.8, 4) is 11.3 Å². The minimum Gasteiger partial charge on any atom is -0.387 e. The summed E-state index contributed by atoms with van der Waals surface area (Å²) in [5.41, 5.74) is 6.30. The highest BCUT2D eigenvalue weighted by atomic mass is 35.5. The van der Waals surface area contributed by atoms with Crippen molar-refractivity contribution < 1.29 is 13.6 Å². The molecule has 0 bridgehead atoms. The molecule has 4 nitrogen and oxygen atoms in total. The first-order valence-electron chi connectivity index (χ1n) is 8.20. The molecular weight excluding hydrogens is 372 g/mol. The van der Waals surface area contributed by atoms with E-state index >= 15 is 0 Å². The number of nitrogens with two attached hydrogens (primary N) is 1. The van der Waals surface area contributed by atoms with Crippen molar-refractivity contribution in [1.82, 2.24) is 4.98 Å². The Hall–Kier alpha value is -2.86. The molecule has 0 aliphatic rings. The molecule has 1 aromatic heterocycles. The van der Waals surface area contributed by atoms with Crippen LogP contribution in [0.25, 0.3) is 22.0 Å². The molecule has 2 aromatic carbocycles. The van der Waals surface area contributed by atoms with E-state index < -0.39 is 17.5 Å². The molecule has 7 heteroatoms. The summed E-state index contributed by atoms with van der Waals surface area (Å²) in [5.74, 6) is -1.63. The third kappa shape index (κ3) is 3.80. The summed E-state index contributed by atoms with van der Waals surface area (Å²) in [7, 11) is 0. The van der Waals surface area contributed by atoms with Crippen molar-refractivity contribution >= 4 is 34.1 Å². The van der Waals surface area contributed by atoms with E-state index in [9.17, 15) is 13.6 Å². The third-order valence-corrected chi connectivity index (χ3v) is 4.33. The second-order valence-electron chi connectivity index (χ2n) is 6.34. The molecule has 1 amide bonds. The number of benzene rings is 2. The number of aliphatic imine (C=N–C) groups is 1. The van der Waals surface area contributed by atoms with E-state index in [4.69, 9.17) is 17.3 Å². The van der Waals surface area contributed by atoms with Gasteiger partial charge in [0, 0.05) is 32.8 Å². The van der Waals surface area contributed by atoms with Crippen molar-refractivity contribution in [3.05, 3.63) is 64.8 Å². The molecule has 3 aromatic rings. The van der Waals surface area contributed by atoms with Gasteiger partial charge in [-0.25, -0.2) is 8.78 Å². The van der Waals surface area contributed by atoms with E-state index in [1.165, 1.54) is 30.3 Å². The molecule has 27 heavy (non-hydrogen) atoms. The lowest BCUT2D eigenvalue weighted by atomic mass is 10.0. The number of pyridine rings is 1. The fourth-order valence-corrected chi connectivity index (χ4v) is 2.71. The van der Waals surface area contributed by atoms with Crippen LogP contribution in [0.5, 0.6) is 0 Å². The van der Waals surface area contributed by atoms with Crippen LogP contribution in [0.3, 0.4) is 0 Å². The van der Waals surface area contributed by atoms with Gasteiger partial charge >= 0.3 is 0 Å². The first-order valence-corrected chi connectivity index (χ1v) is 8.57. The summed E-state index contributed by atoms with van der Waals surface area (Å²) in [5, 5.41) is 0.740. The standard InChI is InChI=1S/C20H16ClF2N3O/c1-10(2)19(24)26-20(27)11-3-5-13-15(7-11)18(25-9-17(13)23)14-6-4-12(21)8-16(14)22/h3-10H,1-2H3,(H2,24,26,27). The molecule has 0 fully saturated rings. The molecule has 0 unspecified atom stereocenters. The first-order chi connectivity index (χ1) is 12.8. The zero-order chi connectivity index (χ0) is 19.7. The highest BCUT2D eigenvalue weighted by Crippen LogP contribution is 2.32. The van der Waals surface area contributed by atoms with Gasteiger partial charge in [-0.15, -0.1) is 0 Å². The predicted molar refractivity (Wildman–Crippen MR) is 103 cm³/mol. The Kier molecular flexibility index (Phi) is 5.19. The van der Waals surface area contributed by atoms with Crippen molar-refractivity contribution in [2.24, 2.45) is 16.6 Å². The number of fused-ring (bicyclic) bond motifs is 1. The maximum absolute atomic E-state index is 14.4. The van der Waals surface area contributed by atoms with E-state index in [0.717, 1.165) is 12.3 Å². The van der Waals surface area contributed by atoms with Gasteiger partial charge in [0.1, 0.15) is 17.5 Å². The summed E-state index contributed by atoms with van der Waals surface area (Å²) in [4.78, 5) is 20.3. The van der Waals surface area contributed by atoms with Gasteiger partial charge in [-0.2, -0.15) is 4.99 Å². The van der Waals surface area contributed by atoms with Gasteiger partial charge in [0.2, 0.25) is 0 Å². The number of aromatic nitrogens is 1. The average molecular weight is 388 g/mol. The summed E-state index contributed by atoms with van der Waals surface area (Å²) in [6, 6.07) is 8.45. The second-order valence-corrected chi connectivity index (χ2v) is 6.77. The minimum atomic E-state index is -0.596. The number of hydrogen-bond donors (Lipinski definition) is 1. The Morgan fingerprint density at radius 2 is 1.85 bits per heavy atom. The molecule has 0 saturated carbocycles. The average Bonchev–Trinajstić information content (AvgIpc) is 2.62. The maximum atomic E-state index is 14.4. The van der Waals surface area contributed by atoms with Gasteiger partial charge in [0.05, 0.1) is 11.9 Å². The van der Waals surface area contributed by atoms with Crippen LogP contribution in [-0.2, 0) is 0 Å². The zero-order valence-electron chi connectivity index (χ0n) is 14.6. The van der Waals surface area contributed by atoms with E-state index in [2.05, 4.69) is 9.98 Å². The highest BCUT2D eigenvalue weighted by molar-refractivity contribution is 6.30. The van der Waals surface area contributed by atoms with Gasteiger partial charge in [-0.1, -0.05) is 31.5 Å². The maximum Gasteiger partial charge on any atom is 0.278 e. The number of carbonyl (C=O) groups excluding carboxylic acids is 1. The Labute approximate surface area is 159 Å². The van der Waals surface area contributed by atoms with E-state index in [-0.39, 0.29) is 39.0 Å². The topological polar surface area (TPSA) is 68.3 Å². The second kappa shape index (κ2) is 7.40. The normalized spacial score (nSPS) is 12.0. The first kappa shape index (κ1) is 18.9. The number of halogens is 3. The van der Waals surface area contributed by atoms with Crippen LogP contribution in [0.2, 0.25) is 5.02 Å². The molecule has 138 valence electrons. The summed E-state index contributed by atoms with van der Waals surface area (Å²) in [6.45, 7) is 3.63. The molecular formula is C20H16ClF2N3O. The number of nitrogens with zero attached hydrogens (tertiary/aromatic N) is 2. The van der Waals surface area contributed by atoms with Crippen LogP contribution >= 0.6 is 11.6 Å². The lowest BCUT2D eigenvalue weighted by Gasteiger charge is -2.10. The number of carbonyl (C=O) groups is 1. The van der Waals surface area contributed by atoms with Crippen LogP contribution in [0, 0.1) is 17.6 Å². The molecule has 0 spiro atoms. The van der Waals surface area contributed by atoms with Crippen LogP contribution in [-0.4, -0.2) is 16.7 Å². The molecule has 0 radical (unpaired) electrons. The Bertz CT molecular complexity index is 1080. The molecule has 1 heterocycles. The fraction of sp³-hybridized carbons (Fsp3) is 0.150. The van der Waals surface area contributed by atoms with Crippen LogP contribution in [0.1, 0.15) is 24.2 Å². The molecule has 0 saturated heterocycles. The number of rotatable bonds is 3. The van der Waals surface area contributed by atoms with E-state index in [1.54, 1.807) is 0 Å². The summed E-state index contributed by atoms with van der Waals surface area (Å²) >= 11 is 5.80. The van der Waals surface area contributed by atoms with Crippen molar-refractivity contribution in [3.63, 3.8) is 0 Å². The monoisotopic (exact) mass is 387 g/mol. The summed E-state index contributed by atoms with van der Waals surface area (Å²) < 4.78 is 28.5. The van der Waals surface area contributed by atoms with Gasteiger partial charge < -0.3 is 5.73 Å². The van der Waals surface area contributed by atoms with Crippen LogP contribution in [0.4, 0.5) is 8.78 Å². The molecule has 0 atom stereocenters.